The first kappa shape index (κ1) is 13.4. The molecule has 2 aromatic rings. The minimum atomic E-state index is -0.356. The lowest BCUT2D eigenvalue weighted by Crippen LogP contribution is -2.10. The number of Topliss-reactive ketones (excluding diaryl/α,β-unsaturated/α-hetero) is 1. The average molecular weight is 262 g/mol. The second kappa shape index (κ2) is 5.30. The van der Waals surface area contributed by atoms with Crippen LogP contribution in [0, 0.1) is 18.7 Å². The van der Waals surface area contributed by atoms with Gasteiger partial charge in [-0.3, -0.25) is 4.79 Å². The minimum absolute atomic E-state index is 0.0335. The van der Waals surface area contributed by atoms with Gasteiger partial charge in [-0.15, -0.1) is 0 Å². The molecular formula is C14H15FN2O2. The second-order valence-corrected chi connectivity index (χ2v) is 4.77. The second-order valence-electron chi connectivity index (χ2n) is 4.77. The van der Waals surface area contributed by atoms with E-state index in [0.29, 0.717) is 11.4 Å². The monoisotopic (exact) mass is 262 g/mol. The molecule has 0 bridgehead atoms. The molecule has 0 spiro atoms. The fourth-order valence-corrected chi connectivity index (χ4v) is 1.62. The Bertz CT molecular complexity index is 605. The number of ketones is 1. The Morgan fingerprint density at radius 2 is 2.16 bits per heavy atom. The van der Waals surface area contributed by atoms with Crippen LogP contribution >= 0.6 is 0 Å². The number of aryl methyl sites for hydroxylation is 1. The van der Waals surface area contributed by atoms with Crippen molar-refractivity contribution < 1.29 is 13.7 Å². The van der Waals surface area contributed by atoms with Crippen molar-refractivity contribution in [2.75, 3.05) is 0 Å². The first-order chi connectivity index (χ1) is 8.97. The third-order valence-electron chi connectivity index (χ3n) is 2.88. The predicted molar refractivity (Wildman–Crippen MR) is 68.0 cm³/mol. The standard InChI is InChI=1S/C14H15FN2O2/c1-8(2)12(18)7-13-16-14(17-19-13)11-6-10(15)5-4-9(11)3/h4-6,8H,7H2,1-3H3. The number of halogens is 1. The van der Waals surface area contributed by atoms with Crippen LogP contribution in [-0.2, 0) is 11.2 Å². The highest BCUT2D eigenvalue weighted by molar-refractivity contribution is 5.81. The van der Waals surface area contributed by atoms with Crippen molar-refractivity contribution in [1.82, 2.24) is 10.1 Å². The van der Waals surface area contributed by atoms with Gasteiger partial charge in [0.2, 0.25) is 11.7 Å². The Balaban J connectivity index is 2.26. The van der Waals surface area contributed by atoms with Crippen LogP contribution in [0.25, 0.3) is 11.4 Å². The molecule has 0 N–H and O–H groups in total. The largest absolute Gasteiger partial charge is 0.339 e. The molecule has 1 heterocycles. The molecule has 0 saturated heterocycles. The molecule has 0 atom stereocenters. The maximum atomic E-state index is 13.2. The summed E-state index contributed by atoms with van der Waals surface area (Å²) in [6, 6.07) is 4.39. The van der Waals surface area contributed by atoms with E-state index in [1.807, 2.05) is 20.8 Å². The lowest BCUT2D eigenvalue weighted by Gasteiger charge is -2.00. The van der Waals surface area contributed by atoms with Gasteiger partial charge in [0, 0.05) is 11.5 Å². The van der Waals surface area contributed by atoms with Gasteiger partial charge in [0.25, 0.3) is 0 Å². The number of nitrogens with zero attached hydrogens (tertiary/aromatic N) is 2. The van der Waals surface area contributed by atoms with Gasteiger partial charge in [-0.2, -0.15) is 4.98 Å². The molecular weight excluding hydrogens is 247 g/mol. The molecule has 0 aliphatic rings. The van der Waals surface area contributed by atoms with Crippen LogP contribution in [-0.4, -0.2) is 15.9 Å². The first-order valence-corrected chi connectivity index (χ1v) is 6.09. The summed E-state index contributed by atoms with van der Waals surface area (Å²) in [5.41, 5.74) is 1.43. The number of hydrogen-bond donors (Lipinski definition) is 0. The molecule has 4 nitrogen and oxygen atoms in total. The molecule has 0 amide bonds. The number of aromatic nitrogens is 2. The number of hydrogen-bond acceptors (Lipinski definition) is 4. The number of benzene rings is 1. The van der Waals surface area contributed by atoms with E-state index in [-0.39, 0.29) is 29.8 Å². The Morgan fingerprint density at radius 1 is 1.42 bits per heavy atom. The Labute approximate surface area is 110 Å². The van der Waals surface area contributed by atoms with Crippen LogP contribution in [0.15, 0.2) is 22.7 Å². The van der Waals surface area contributed by atoms with E-state index < -0.39 is 0 Å². The Kier molecular flexibility index (Phi) is 3.74. The Morgan fingerprint density at radius 3 is 2.84 bits per heavy atom. The minimum Gasteiger partial charge on any atom is -0.339 e. The molecule has 1 aromatic heterocycles. The van der Waals surface area contributed by atoms with Gasteiger partial charge in [0.15, 0.2) is 0 Å². The zero-order chi connectivity index (χ0) is 14.0. The van der Waals surface area contributed by atoms with Crippen molar-refractivity contribution in [1.29, 1.82) is 0 Å². The van der Waals surface area contributed by atoms with Gasteiger partial charge in [0.05, 0.1) is 6.42 Å². The van der Waals surface area contributed by atoms with E-state index in [4.69, 9.17) is 4.52 Å². The number of rotatable bonds is 4. The summed E-state index contributed by atoms with van der Waals surface area (Å²) in [5, 5.41) is 3.80. The van der Waals surface area contributed by atoms with Gasteiger partial charge in [0.1, 0.15) is 11.6 Å². The summed E-state index contributed by atoms with van der Waals surface area (Å²) in [5.74, 6) is 0.170. The zero-order valence-electron chi connectivity index (χ0n) is 11.1. The van der Waals surface area contributed by atoms with Crippen LogP contribution in [0.1, 0.15) is 25.3 Å². The molecule has 0 aliphatic carbocycles. The summed E-state index contributed by atoms with van der Waals surface area (Å²) in [6.07, 6.45) is 0.110. The van der Waals surface area contributed by atoms with E-state index in [2.05, 4.69) is 10.1 Å². The SMILES string of the molecule is Cc1ccc(F)cc1-c1noc(CC(=O)C(C)C)n1. The number of carbonyl (C=O) groups excluding carboxylic acids is 1. The van der Waals surface area contributed by atoms with Crippen molar-refractivity contribution in [2.24, 2.45) is 5.92 Å². The zero-order valence-corrected chi connectivity index (χ0v) is 11.1. The first-order valence-electron chi connectivity index (χ1n) is 6.09. The fourth-order valence-electron chi connectivity index (χ4n) is 1.62. The summed E-state index contributed by atoms with van der Waals surface area (Å²) < 4.78 is 18.2. The number of carbonyl (C=O) groups is 1. The lowest BCUT2D eigenvalue weighted by atomic mass is 10.1. The molecule has 5 heteroatoms. The summed E-state index contributed by atoms with van der Waals surface area (Å²) in [7, 11) is 0. The van der Waals surface area contributed by atoms with E-state index in [0.717, 1.165) is 5.56 Å². The molecule has 0 aliphatic heterocycles. The van der Waals surface area contributed by atoms with Crippen LogP contribution in [0.5, 0.6) is 0 Å². The van der Waals surface area contributed by atoms with Crippen molar-refractivity contribution in [3.05, 3.63) is 35.5 Å². The maximum absolute atomic E-state index is 13.2. The lowest BCUT2D eigenvalue weighted by molar-refractivity contribution is -0.121. The van der Waals surface area contributed by atoms with E-state index in [1.54, 1.807) is 6.07 Å². The van der Waals surface area contributed by atoms with E-state index in [9.17, 15) is 9.18 Å². The fraction of sp³-hybridized carbons (Fsp3) is 0.357. The molecule has 100 valence electrons. The predicted octanol–water partition coefficient (Wildman–Crippen LogP) is 2.95. The van der Waals surface area contributed by atoms with Crippen molar-refractivity contribution in [3.8, 4) is 11.4 Å². The molecule has 0 radical (unpaired) electrons. The highest BCUT2D eigenvalue weighted by atomic mass is 19.1. The molecule has 0 unspecified atom stereocenters. The van der Waals surface area contributed by atoms with Crippen LogP contribution in [0.4, 0.5) is 4.39 Å². The van der Waals surface area contributed by atoms with Gasteiger partial charge in [-0.05, 0) is 24.6 Å². The Hall–Kier alpha value is -2.04. The normalized spacial score (nSPS) is 11.0. The van der Waals surface area contributed by atoms with E-state index in [1.165, 1.54) is 12.1 Å². The van der Waals surface area contributed by atoms with Gasteiger partial charge < -0.3 is 4.52 Å². The van der Waals surface area contributed by atoms with E-state index >= 15 is 0 Å². The smallest absolute Gasteiger partial charge is 0.234 e. The topological polar surface area (TPSA) is 56.0 Å². The molecule has 2 rings (SSSR count). The summed E-state index contributed by atoms with van der Waals surface area (Å²) >= 11 is 0. The highest BCUT2D eigenvalue weighted by Crippen LogP contribution is 2.21. The van der Waals surface area contributed by atoms with Crippen molar-refractivity contribution in [2.45, 2.75) is 27.2 Å². The summed E-state index contributed by atoms with van der Waals surface area (Å²) in [4.78, 5) is 15.7. The molecule has 19 heavy (non-hydrogen) atoms. The van der Waals surface area contributed by atoms with Gasteiger partial charge in [-0.1, -0.05) is 25.1 Å². The average Bonchev–Trinajstić information content (AvgIpc) is 2.80. The third-order valence-corrected chi connectivity index (χ3v) is 2.88. The van der Waals surface area contributed by atoms with Gasteiger partial charge >= 0.3 is 0 Å². The van der Waals surface area contributed by atoms with Crippen molar-refractivity contribution >= 4 is 5.78 Å². The highest BCUT2D eigenvalue weighted by Gasteiger charge is 2.16. The quantitative estimate of drug-likeness (QED) is 0.850. The van der Waals surface area contributed by atoms with Gasteiger partial charge in [-0.25, -0.2) is 4.39 Å². The van der Waals surface area contributed by atoms with Crippen LogP contribution < -0.4 is 0 Å². The van der Waals surface area contributed by atoms with Crippen molar-refractivity contribution in [3.63, 3.8) is 0 Å². The summed E-state index contributed by atoms with van der Waals surface area (Å²) in [6.45, 7) is 5.47. The maximum Gasteiger partial charge on any atom is 0.234 e. The van der Waals surface area contributed by atoms with Crippen LogP contribution in [0.2, 0.25) is 0 Å². The van der Waals surface area contributed by atoms with Crippen LogP contribution in [0.3, 0.4) is 0 Å². The molecule has 0 saturated carbocycles. The molecule has 1 aromatic carbocycles. The molecule has 0 fully saturated rings. The third kappa shape index (κ3) is 3.05.